The van der Waals surface area contributed by atoms with Crippen molar-refractivity contribution in [2.24, 2.45) is 0 Å². The van der Waals surface area contributed by atoms with Crippen LogP contribution < -0.4 is 9.62 Å². The zero-order valence-electron chi connectivity index (χ0n) is 14.8. The van der Waals surface area contributed by atoms with E-state index < -0.39 is 10.0 Å². The van der Waals surface area contributed by atoms with Gasteiger partial charge in [0.25, 0.3) is 10.0 Å². The van der Waals surface area contributed by atoms with Gasteiger partial charge in [-0.2, -0.15) is 0 Å². The third kappa shape index (κ3) is 3.86. The van der Waals surface area contributed by atoms with Gasteiger partial charge in [-0.25, -0.2) is 13.4 Å². The number of benzene rings is 2. The monoisotopic (exact) mass is 367 g/mol. The van der Waals surface area contributed by atoms with Crippen LogP contribution in [-0.4, -0.2) is 19.9 Å². The summed E-state index contributed by atoms with van der Waals surface area (Å²) in [5.74, 6) is 0.593. The molecule has 1 N–H and O–H groups in total. The minimum absolute atomic E-state index is 0.164. The molecular formula is C20H21N3O2S. The van der Waals surface area contributed by atoms with Gasteiger partial charge in [0.2, 0.25) is 0 Å². The summed E-state index contributed by atoms with van der Waals surface area (Å²) >= 11 is 0. The van der Waals surface area contributed by atoms with E-state index in [0.29, 0.717) is 18.1 Å². The molecule has 3 aromatic rings. The Morgan fingerprint density at radius 2 is 1.65 bits per heavy atom. The summed E-state index contributed by atoms with van der Waals surface area (Å²) in [7, 11) is -3.66. The molecule has 0 bridgehead atoms. The largest absolute Gasteiger partial charge is 0.340 e. The molecule has 6 heteroatoms. The van der Waals surface area contributed by atoms with Crippen molar-refractivity contribution < 1.29 is 8.42 Å². The summed E-state index contributed by atoms with van der Waals surface area (Å²) in [6.07, 6.45) is 1.39. The molecule has 0 unspecified atom stereocenters. The minimum Gasteiger partial charge on any atom is -0.340 e. The molecule has 134 valence electrons. The maximum Gasteiger partial charge on any atom is 0.265 e. The van der Waals surface area contributed by atoms with Gasteiger partial charge in [-0.15, -0.1) is 0 Å². The average Bonchev–Trinajstić information content (AvgIpc) is 2.65. The molecule has 0 spiro atoms. The zero-order valence-corrected chi connectivity index (χ0v) is 15.6. The molecule has 0 amide bonds. The summed E-state index contributed by atoms with van der Waals surface area (Å²) in [5.41, 5.74) is 2.71. The number of sulfonamides is 1. The molecule has 0 saturated carbocycles. The van der Waals surface area contributed by atoms with Crippen LogP contribution in [0.4, 0.5) is 17.2 Å². The molecule has 0 fully saturated rings. The van der Waals surface area contributed by atoms with Gasteiger partial charge in [0.15, 0.2) is 0 Å². The number of rotatable bonds is 6. The lowest BCUT2D eigenvalue weighted by molar-refractivity contribution is 0.591. The second kappa shape index (κ2) is 7.58. The molecule has 26 heavy (non-hydrogen) atoms. The maximum atomic E-state index is 12.9. The number of hydrogen-bond donors (Lipinski definition) is 1. The lowest BCUT2D eigenvalue weighted by atomic mass is 10.2. The van der Waals surface area contributed by atoms with E-state index in [9.17, 15) is 8.42 Å². The first-order chi connectivity index (χ1) is 12.5. The fourth-order valence-electron chi connectivity index (χ4n) is 2.60. The smallest absolute Gasteiger partial charge is 0.265 e. The summed E-state index contributed by atoms with van der Waals surface area (Å²) in [5, 5.41) is 3.17. The SMILES string of the molecule is CCN(c1ccccc1)S(=O)(=O)c1ccc(Nc2ccc(C)cc2)nc1. The number of anilines is 3. The minimum atomic E-state index is -3.66. The number of aryl methyl sites for hydroxylation is 1. The predicted octanol–water partition coefficient (Wildman–Crippen LogP) is 4.35. The molecule has 0 atom stereocenters. The fraction of sp³-hybridized carbons (Fsp3) is 0.150. The third-order valence-electron chi connectivity index (χ3n) is 3.98. The van der Waals surface area contributed by atoms with Crippen LogP contribution in [0.3, 0.4) is 0 Å². The predicted molar refractivity (Wildman–Crippen MR) is 105 cm³/mol. The third-order valence-corrected chi connectivity index (χ3v) is 5.87. The number of hydrogen-bond acceptors (Lipinski definition) is 4. The van der Waals surface area contributed by atoms with E-state index in [1.165, 1.54) is 16.1 Å². The van der Waals surface area contributed by atoms with Gasteiger partial charge in [-0.1, -0.05) is 35.9 Å². The van der Waals surface area contributed by atoms with E-state index in [-0.39, 0.29) is 4.90 Å². The Hall–Kier alpha value is -2.86. The molecule has 0 aliphatic rings. The number of nitrogens with one attached hydrogen (secondary N) is 1. The second-order valence-electron chi connectivity index (χ2n) is 5.88. The van der Waals surface area contributed by atoms with Crippen molar-refractivity contribution in [3.8, 4) is 0 Å². The summed E-state index contributed by atoms with van der Waals surface area (Å²) in [6, 6.07) is 20.2. The Labute approximate surface area is 154 Å². The molecule has 0 aliphatic heterocycles. The van der Waals surface area contributed by atoms with Gasteiger partial charge in [0, 0.05) is 18.4 Å². The van der Waals surface area contributed by atoms with Crippen LogP contribution in [0.15, 0.2) is 77.8 Å². The average molecular weight is 367 g/mol. The summed E-state index contributed by atoms with van der Waals surface area (Å²) in [4.78, 5) is 4.42. The van der Waals surface area contributed by atoms with Crippen LogP contribution in [0.25, 0.3) is 0 Å². The van der Waals surface area contributed by atoms with Crippen molar-refractivity contribution in [3.05, 3.63) is 78.5 Å². The van der Waals surface area contributed by atoms with E-state index in [2.05, 4.69) is 10.3 Å². The molecule has 2 aromatic carbocycles. The first kappa shape index (κ1) is 17.9. The molecule has 3 rings (SSSR count). The number of pyridine rings is 1. The maximum absolute atomic E-state index is 12.9. The van der Waals surface area contributed by atoms with Crippen molar-refractivity contribution in [3.63, 3.8) is 0 Å². The standard InChI is InChI=1S/C20H21N3O2S/c1-3-23(18-7-5-4-6-8-18)26(24,25)19-13-14-20(21-15-19)22-17-11-9-16(2)10-12-17/h4-15H,3H2,1-2H3,(H,21,22). The number of para-hydroxylation sites is 1. The van der Waals surface area contributed by atoms with E-state index in [4.69, 9.17) is 0 Å². The fourth-order valence-corrected chi connectivity index (χ4v) is 4.02. The lowest BCUT2D eigenvalue weighted by Gasteiger charge is -2.22. The Kier molecular flexibility index (Phi) is 5.23. The van der Waals surface area contributed by atoms with Crippen LogP contribution >= 0.6 is 0 Å². The van der Waals surface area contributed by atoms with Crippen molar-refractivity contribution in [1.29, 1.82) is 0 Å². The molecule has 0 radical (unpaired) electrons. The van der Waals surface area contributed by atoms with E-state index in [0.717, 1.165) is 5.69 Å². The van der Waals surface area contributed by atoms with Crippen LogP contribution in [0.1, 0.15) is 12.5 Å². The summed E-state index contributed by atoms with van der Waals surface area (Å²) in [6.45, 7) is 4.18. The highest BCUT2D eigenvalue weighted by atomic mass is 32.2. The lowest BCUT2D eigenvalue weighted by Crippen LogP contribution is -2.30. The molecule has 1 heterocycles. The Morgan fingerprint density at radius 1 is 0.962 bits per heavy atom. The molecular weight excluding hydrogens is 346 g/mol. The molecule has 0 saturated heterocycles. The van der Waals surface area contributed by atoms with Gasteiger partial charge >= 0.3 is 0 Å². The first-order valence-corrected chi connectivity index (χ1v) is 9.82. The summed E-state index contributed by atoms with van der Waals surface area (Å²) < 4.78 is 27.2. The Bertz CT molecular complexity index is 954. The van der Waals surface area contributed by atoms with Gasteiger partial charge in [-0.05, 0) is 50.2 Å². The highest BCUT2D eigenvalue weighted by molar-refractivity contribution is 7.92. The van der Waals surface area contributed by atoms with Crippen LogP contribution in [0.2, 0.25) is 0 Å². The van der Waals surface area contributed by atoms with Crippen molar-refractivity contribution in [2.45, 2.75) is 18.7 Å². The van der Waals surface area contributed by atoms with Crippen molar-refractivity contribution >= 4 is 27.2 Å². The van der Waals surface area contributed by atoms with Crippen LogP contribution in [-0.2, 0) is 10.0 Å². The number of aromatic nitrogens is 1. The van der Waals surface area contributed by atoms with E-state index >= 15 is 0 Å². The normalized spacial score (nSPS) is 11.2. The highest BCUT2D eigenvalue weighted by Gasteiger charge is 2.23. The Morgan fingerprint density at radius 3 is 2.23 bits per heavy atom. The van der Waals surface area contributed by atoms with Gasteiger partial charge in [0.05, 0.1) is 5.69 Å². The van der Waals surface area contributed by atoms with Gasteiger partial charge in [-0.3, -0.25) is 4.31 Å². The molecule has 0 aliphatic carbocycles. The topological polar surface area (TPSA) is 62.3 Å². The van der Waals surface area contributed by atoms with E-state index in [1.807, 2.05) is 56.3 Å². The van der Waals surface area contributed by atoms with Crippen LogP contribution in [0, 0.1) is 6.92 Å². The van der Waals surface area contributed by atoms with Crippen molar-refractivity contribution in [2.75, 3.05) is 16.2 Å². The first-order valence-electron chi connectivity index (χ1n) is 8.38. The van der Waals surface area contributed by atoms with Crippen molar-refractivity contribution in [1.82, 2.24) is 4.98 Å². The zero-order chi connectivity index (χ0) is 18.6. The van der Waals surface area contributed by atoms with E-state index in [1.54, 1.807) is 24.3 Å². The van der Waals surface area contributed by atoms with Crippen LogP contribution in [0.5, 0.6) is 0 Å². The highest BCUT2D eigenvalue weighted by Crippen LogP contribution is 2.24. The second-order valence-corrected chi connectivity index (χ2v) is 7.74. The molecule has 1 aromatic heterocycles. The number of nitrogens with zero attached hydrogens (tertiary/aromatic N) is 2. The molecule has 5 nitrogen and oxygen atoms in total. The van der Waals surface area contributed by atoms with Gasteiger partial charge < -0.3 is 5.32 Å². The quantitative estimate of drug-likeness (QED) is 0.704. The van der Waals surface area contributed by atoms with Gasteiger partial charge in [0.1, 0.15) is 10.7 Å². The Balaban J connectivity index is 1.83.